The average Bonchev–Trinajstić information content (AvgIpc) is 2.94. The van der Waals surface area contributed by atoms with Crippen molar-refractivity contribution in [3.8, 4) is 0 Å². The molecule has 2 aromatic rings. The van der Waals surface area contributed by atoms with Gasteiger partial charge in [0.05, 0.1) is 19.3 Å². The standard InChI is InChI=1S/C15H18FNO2S/c16-13-5-3-12(4-6-13)8-17-9-14(18)10-19-11-15-2-1-7-20-15/h1-7,14,17-18H,8-11H2. The van der Waals surface area contributed by atoms with Crippen LogP contribution in [0.1, 0.15) is 10.4 Å². The Morgan fingerprint density at radius 1 is 1.25 bits per heavy atom. The van der Waals surface area contributed by atoms with Gasteiger partial charge in [0, 0.05) is 18.0 Å². The third kappa shape index (κ3) is 5.38. The Bertz CT molecular complexity index is 487. The molecule has 2 rings (SSSR count). The maximum Gasteiger partial charge on any atom is 0.123 e. The van der Waals surface area contributed by atoms with Gasteiger partial charge in [0.15, 0.2) is 0 Å². The number of nitrogens with one attached hydrogen (secondary N) is 1. The van der Waals surface area contributed by atoms with E-state index < -0.39 is 6.10 Å². The molecule has 1 aromatic carbocycles. The van der Waals surface area contributed by atoms with Crippen molar-refractivity contribution < 1.29 is 14.2 Å². The van der Waals surface area contributed by atoms with E-state index in [9.17, 15) is 9.50 Å². The Morgan fingerprint density at radius 3 is 2.75 bits per heavy atom. The molecule has 0 aliphatic rings. The SMILES string of the molecule is OC(CNCc1ccc(F)cc1)COCc1cccs1. The first-order valence-electron chi connectivity index (χ1n) is 6.47. The molecular weight excluding hydrogens is 277 g/mol. The van der Waals surface area contributed by atoms with Crippen LogP contribution in [0.25, 0.3) is 0 Å². The minimum atomic E-state index is -0.546. The summed E-state index contributed by atoms with van der Waals surface area (Å²) >= 11 is 1.64. The van der Waals surface area contributed by atoms with Crippen molar-refractivity contribution in [3.05, 3.63) is 58.0 Å². The molecule has 0 bridgehead atoms. The van der Waals surface area contributed by atoms with Gasteiger partial charge in [-0.15, -0.1) is 11.3 Å². The molecule has 2 N–H and O–H groups in total. The number of benzene rings is 1. The van der Waals surface area contributed by atoms with Gasteiger partial charge in [-0.2, -0.15) is 0 Å². The second-order valence-corrected chi connectivity index (χ2v) is 5.54. The van der Waals surface area contributed by atoms with Crippen LogP contribution in [0.15, 0.2) is 41.8 Å². The number of rotatable bonds is 8. The van der Waals surface area contributed by atoms with E-state index in [1.165, 1.54) is 12.1 Å². The maximum absolute atomic E-state index is 12.7. The summed E-state index contributed by atoms with van der Waals surface area (Å²) in [5, 5.41) is 14.9. The van der Waals surface area contributed by atoms with Crippen LogP contribution < -0.4 is 5.32 Å². The lowest BCUT2D eigenvalue weighted by molar-refractivity contribution is 0.0297. The zero-order valence-corrected chi connectivity index (χ0v) is 11.9. The lowest BCUT2D eigenvalue weighted by Crippen LogP contribution is -2.30. The van der Waals surface area contributed by atoms with E-state index in [4.69, 9.17) is 4.74 Å². The molecule has 0 radical (unpaired) electrons. The van der Waals surface area contributed by atoms with Crippen LogP contribution in [0.4, 0.5) is 4.39 Å². The maximum atomic E-state index is 12.7. The highest BCUT2D eigenvalue weighted by molar-refractivity contribution is 7.09. The first-order valence-corrected chi connectivity index (χ1v) is 7.35. The Kier molecular flexibility index (Phi) is 6.14. The van der Waals surface area contributed by atoms with E-state index in [2.05, 4.69) is 5.32 Å². The quantitative estimate of drug-likeness (QED) is 0.786. The van der Waals surface area contributed by atoms with Gasteiger partial charge in [-0.05, 0) is 29.1 Å². The second-order valence-electron chi connectivity index (χ2n) is 4.51. The third-order valence-corrected chi connectivity index (χ3v) is 3.61. The molecular formula is C15H18FNO2S. The molecule has 20 heavy (non-hydrogen) atoms. The molecule has 0 saturated heterocycles. The van der Waals surface area contributed by atoms with Gasteiger partial charge in [0.1, 0.15) is 5.82 Å². The van der Waals surface area contributed by atoms with Gasteiger partial charge in [-0.25, -0.2) is 4.39 Å². The van der Waals surface area contributed by atoms with Crippen LogP contribution in [0.2, 0.25) is 0 Å². The number of aliphatic hydroxyl groups excluding tert-OH is 1. The van der Waals surface area contributed by atoms with E-state index in [-0.39, 0.29) is 5.82 Å². The van der Waals surface area contributed by atoms with Crippen LogP contribution in [0.5, 0.6) is 0 Å². The van der Waals surface area contributed by atoms with E-state index >= 15 is 0 Å². The molecule has 3 nitrogen and oxygen atoms in total. The van der Waals surface area contributed by atoms with Crippen LogP contribution in [-0.2, 0) is 17.9 Å². The van der Waals surface area contributed by atoms with Crippen molar-refractivity contribution in [3.63, 3.8) is 0 Å². The Hall–Kier alpha value is -1.27. The molecule has 0 fully saturated rings. The minimum Gasteiger partial charge on any atom is -0.389 e. The molecule has 1 aromatic heterocycles. The largest absolute Gasteiger partial charge is 0.389 e. The molecule has 0 aliphatic heterocycles. The molecule has 1 atom stereocenters. The summed E-state index contributed by atoms with van der Waals surface area (Å²) in [6.45, 7) is 1.88. The molecule has 1 heterocycles. The highest BCUT2D eigenvalue weighted by Gasteiger charge is 2.04. The lowest BCUT2D eigenvalue weighted by Gasteiger charge is -2.12. The molecule has 108 valence electrons. The number of halogens is 1. The highest BCUT2D eigenvalue weighted by Crippen LogP contribution is 2.09. The second kappa shape index (κ2) is 8.11. The molecule has 0 saturated carbocycles. The van der Waals surface area contributed by atoms with Crippen LogP contribution in [0.3, 0.4) is 0 Å². The lowest BCUT2D eigenvalue weighted by atomic mass is 10.2. The van der Waals surface area contributed by atoms with Gasteiger partial charge >= 0.3 is 0 Å². The number of hydrogen-bond acceptors (Lipinski definition) is 4. The summed E-state index contributed by atoms with van der Waals surface area (Å²) in [5.74, 6) is -0.240. The number of aliphatic hydroxyl groups is 1. The molecule has 5 heteroatoms. The summed E-state index contributed by atoms with van der Waals surface area (Å²) in [4.78, 5) is 1.15. The van der Waals surface area contributed by atoms with Crippen molar-refractivity contribution in [1.29, 1.82) is 0 Å². The smallest absolute Gasteiger partial charge is 0.123 e. The average molecular weight is 295 g/mol. The van der Waals surface area contributed by atoms with E-state index in [0.717, 1.165) is 10.4 Å². The zero-order chi connectivity index (χ0) is 14.2. The summed E-state index contributed by atoms with van der Waals surface area (Å²) in [6.07, 6.45) is -0.546. The van der Waals surface area contributed by atoms with Crippen molar-refractivity contribution in [2.24, 2.45) is 0 Å². The third-order valence-electron chi connectivity index (χ3n) is 2.76. The summed E-state index contributed by atoms with van der Waals surface area (Å²) < 4.78 is 18.1. The van der Waals surface area contributed by atoms with E-state index in [1.54, 1.807) is 23.5 Å². The first kappa shape index (κ1) is 15.1. The Balaban J connectivity index is 1.58. The van der Waals surface area contributed by atoms with Gasteiger partial charge < -0.3 is 15.2 Å². The fraction of sp³-hybridized carbons (Fsp3) is 0.333. The summed E-state index contributed by atoms with van der Waals surface area (Å²) in [6, 6.07) is 10.3. The number of thiophene rings is 1. The van der Waals surface area contributed by atoms with Crippen LogP contribution in [-0.4, -0.2) is 24.4 Å². The van der Waals surface area contributed by atoms with Gasteiger partial charge in [0.2, 0.25) is 0 Å². The Morgan fingerprint density at radius 2 is 2.05 bits per heavy atom. The Labute approximate surface area is 122 Å². The molecule has 1 unspecified atom stereocenters. The summed E-state index contributed by atoms with van der Waals surface area (Å²) in [5.41, 5.74) is 0.984. The zero-order valence-electron chi connectivity index (χ0n) is 11.1. The normalized spacial score (nSPS) is 12.5. The van der Waals surface area contributed by atoms with Crippen molar-refractivity contribution in [2.45, 2.75) is 19.3 Å². The molecule has 0 aliphatic carbocycles. The van der Waals surface area contributed by atoms with Gasteiger partial charge in [-0.3, -0.25) is 0 Å². The number of ether oxygens (including phenoxy) is 1. The fourth-order valence-electron chi connectivity index (χ4n) is 1.73. The first-order chi connectivity index (χ1) is 9.74. The van der Waals surface area contributed by atoms with Crippen molar-refractivity contribution in [2.75, 3.05) is 13.2 Å². The van der Waals surface area contributed by atoms with E-state index in [1.807, 2.05) is 17.5 Å². The van der Waals surface area contributed by atoms with Crippen molar-refractivity contribution in [1.82, 2.24) is 5.32 Å². The van der Waals surface area contributed by atoms with E-state index in [0.29, 0.717) is 26.3 Å². The highest BCUT2D eigenvalue weighted by atomic mass is 32.1. The van der Waals surface area contributed by atoms with Crippen LogP contribution in [0, 0.1) is 5.82 Å². The predicted molar refractivity (Wildman–Crippen MR) is 78.1 cm³/mol. The molecule has 0 spiro atoms. The predicted octanol–water partition coefficient (Wildman–Crippen LogP) is 2.55. The summed E-state index contributed by atoms with van der Waals surface area (Å²) in [7, 11) is 0. The van der Waals surface area contributed by atoms with Gasteiger partial charge in [0.25, 0.3) is 0 Å². The number of hydrogen-bond donors (Lipinski definition) is 2. The fourth-order valence-corrected chi connectivity index (χ4v) is 2.37. The minimum absolute atomic E-state index is 0.240. The topological polar surface area (TPSA) is 41.5 Å². The van der Waals surface area contributed by atoms with Gasteiger partial charge in [-0.1, -0.05) is 18.2 Å². The monoisotopic (exact) mass is 295 g/mol. The van der Waals surface area contributed by atoms with Crippen LogP contribution >= 0.6 is 11.3 Å². The van der Waals surface area contributed by atoms with Crippen molar-refractivity contribution >= 4 is 11.3 Å². The molecule has 0 amide bonds.